The molecule has 0 saturated carbocycles. The second-order valence-electron chi connectivity index (χ2n) is 12.7. The monoisotopic (exact) mass is 596 g/mol. The Labute approximate surface area is 247 Å². The third-order valence-corrected chi connectivity index (χ3v) is 15.4. The minimum atomic E-state index is -4.92. The topological polar surface area (TPSA) is 26.3 Å². The molecule has 6 heteroatoms. The van der Waals surface area contributed by atoms with Crippen LogP contribution in [0, 0.1) is 0 Å². The molecule has 2 nitrogen and oxygen atoms in total. The number of hydrogen-bond donors (Lipinski definition) is 0. The number of halogens is 3. The Morgan fingerprint density at radius 2 is 0.675 bits per heavy atom. The van der Waals surface area contributed by atoms with E-state index < -0.39 is 19.0 Å². The van der Waals surface area contributed by atoms with Crippen LogP contribution in [0.2, 0.25) is 0 Å². The van der Waals surface area contributed by atoms with E-state index in [9.17, 15) is 18.0 Å². The van der Waals surface area contributed by atoms with Crippen LogP contribution in [0.3, 0.4) is 0 Å². The first-order valence-corrected chi connectivity index (χ1v) is 20.4. The van der Waals surface area contributed by atoms with Gasteiger partial charge in [0, 0.05) is 0 Å². The van der Waals surface area contributed by atoms with E-state index in [1.807, 2.05) is 0 Å². The van der Waals surface area contributed by atoms with Crippen LogP contribution < -0.4 is 0 Å². The molecule has 0 aliphatic carbocycles. The number of carbonyl (C=O) groups is 1. The van der Waals surface area contributed by atoms with Crippen molar-refractivity contribution >= 4 is 12.8 Å². The van der Waals surface area contributed by atoms with Crippen molar-refractivity contribution in [3.8, 4) is 0 Å². The van der Waals surface area contributed by atoms with Crippen molar-refractivity contribution in [1.82, 2.24) is 0 Å². The number of unbranched alkanes of at least 4 members (excludes halogenated alkanes) is 20. The van der Waals surface area contributed by atoms with Gasteiger partial charge in [-0.15, -0.1) is 0 Å². The third kappa shape index (κ3) is 19.0. The SMILES string of the molecule is CCCCCCCCCCCCCCP(CCCCCC)(CCCCCC)(CCCCCC)OC(=O)C(F)(F)F. The molecule has 0 heterocycles. The molecule has 0 amide bonds. The normalized spacial score (nSPS) is 13.3. The zero-order valence-corrected chi connectivity index (χ0v) is 28.1. The van der Waals surface area contributed by atoms with E-state index in [-0.39, 0.29) is 0 Å². The minimum absolute atomic E-state index is 0.698. The molecular weight excluding hydrogens is 528 g/mol. The van der Waals surface area contributed by atoms with Gasteiger partial charge >= 0.3 is 235 Å². The van der Waals surface area contributed by atoms with Crippen LogP contribution in [0.5, 0.6) is 0 Å². The molecular formula is C34H68F3O2P. The van der Waals surface area contributed by atoms with Gasteiger partial charge in [-0.25, -0.2) is 0 Å². The molecule has 0 aromatic rings. The third-order valence-electron chi connectivity index (χ3n) is 8.88. The van der Waals surface area contributed by atoms with Crippen LogP contribution in [-0.4, -0.2) is 36.8 Å². The molecule has 0 fully saturated rings. The van der Waals surface area contributed by atoms with Crippen molar-refractivity contribution in [3.63, 3.8) is 0 Å². The molecule has 0 bridgehead atoms. The summed E-state index contributed by atoms with van der Waals surface area (Å²) in [5.74, 6) is -1.91. The zero-order chi connectivity index (χ0) is 30.0. The molecule has 0 saturated heterocycles. The summed E-state index contributed by atoms with van der Waals surface area (Å²) in [4.78, 5) is 12.6. The molecule has 0 aliphatic rings. The summed E-state index contributed by atoms with van der Waals surface area (Å²) in [5, 5.41) is 0. The van der Waals surface area contributed by atoms with Gasteiger partial charge in [-0.2, -0.15) is 0 Å². The van der Waals surface area contributed by atoms with Crippen LogP contribution in [0.4, 0.5) is 13.2 Å². The molecule has 0 radical (unpaired) electrons. The number of rotatable bonds is 29. The Kier molecular flexibility index (Phi) is 24.0. The first kappa shape index (κ1) is 39.7. The van der Waals surface area contributed by atoms with E-state index in [0.717, 1.165) is 96.3 Å². The average Bonchev–Trinajstić information content (AvgIpc) is 2.92. The Balaban J connectivity index is 5.49. The van der Waals surface area contributed by atoms with E-state index in [1.54, 1.807) is 0 Å². The van der Waals surface area contributed by atoms with Gasteiger partial charge in [0.25, 0.3) is 0 Å². The van der Waals surface area contributed by atoms with Crippen molar-refractivity contribution < 1.29 is 22.5 Å². The summed E-state index contributed by atoms with van der Waals surface area (Å²) in [6.07, 6.45) is 24.9. The van der Waals surface area contributed by atoms with Crippen molar-refractivity contribution in [2.24, 2.45) is 0 Å². The molecule has 0 N–H and O–H groups in total. The Bertz CT molecular complexity index is 560. The first-order valence-electron chi connectivity index (χ1n) is 17.5. The van der Waals surface area contributed by atoms with E-state index in [0.29, 0.717) is 24.6 Å². The predicted octanol–water partition coefficient (Wildman–Crippen LogP) is 13.0. The summed E-state index contributed by atoms with van der Waals surface area (Å²) in [7, 11) is 0. The summed E-state index contributed by atoms with van der Waals surface area (Å²) < 4.78 is 47.1. The van der Waals surface area contributed by atoms with Crippen molar-refractivity contribution in [2.45, 2.75) is 188 Å². The fraction of sp³-hybridized carbons (Fsp3) is 0.971. The van der Waals surface area contributed by atoms with Gasteiger partial charge in [0.1, 0.15) is 0 Å². The van der Waals surface area contributed by atoms with Gasteiger partial charge in [-0.3, -0.25) is 0 Å². The van der Waals surface area contributed by atoms with E-state index in [2.05, 4.69) is 27.7 Å². The number of alkyl halides is 3. The molecule has 0 atom stereocenters. The molecule has 0 aromatic heterocycles. The maximum absolute atomic E-state index is 13.7. The molecule has 0 aliphatic heterocycles. The predicted molar refractivity (Wildman–Crippen MR) is 172 cm³/mol. The van der Waals surface area contributed by atoms with Crippen LogP contribution >= 0.6 is 6.83 Å². The van der Waals surface area contributed by atoms with E-state index in [1.165, 1.54) is 57.8 Å². The van der Waals surface area contributed by atoms with Crippen LogP contribution in [0.25, 0.3) is 0 Å². The van der Waals surface area contributed by atoms with Gasteiger partial charge in [0.15, 0.2) is 0 Å². The fourth-order valence-corrected chi connectivity index (χ4v) is 12.7. The van der Waals surface area contributed by atoms with Crippen molar-refractivity contribution in [2.75, 3.05) is 24.6 Å². The molecule has 0 aromatic carbocycles. The van der Waals surface area contributed by atoms with Gasteiger partial charge in [-0.1, -0.05) is 13.3 Å². The maximum atomic E-state index is 13.7. The standard InChI is InChI=1S/C34H68F3O2P/c1-5-9-13-17-18-19-20-21-22-23-24-28-32-40(29-25-14-10-6-2,30-26-15-11-7-3,31-27-16-12-8-4)39-33(38)34(35,36)37/h5-32H2,1-4H3. The number of hydrogen-bond acceptors (Lipinski definition) is 2. The van der Waals surface area contributed by atoms with Crippen LogP contribution in [0.1, 0.15) is 182 Å². The zero-order valence-electron chi connectivity index (χ0n) is 27.2. The van der Waals surface area contributed by atoms with Gasteiger partial charge in [-0.05, 0) is 0 Å². The van der Waals surface area contributed by atoms with E-state index >= 15 is 0 Å². The van der Waals surface area contributed by atoms with E-state index in [4.69, 9.17) is 4.52 Å². The Morgan fingerprint density at radius 3 is 0.925 bits per heavy atom. The van der Waals surface area contributed by atoms with Gasteiger partial charge in [0.05, 0.1) is 0 Å². The van der Waals surface area contributed by atoms with Crippen molar-refractivity contribution in [3.05, 3.63) is 0 Å². The number of carbonyl (C=O) groups excluding carboxylic acids is 1. The summed E-state index contributed by atoms with van der Waals surface area (Å²) in [6, 6.07) is 0. The second-order valence-corrected chi connectivity index (χ2v) is 18.4. The van der Waals surface area contributed by atoms with Crippen LogP contribution in [0.15, 0.2) is 0 Å². The van der Waals surface area contributed by atoms with Gasteiger partial charge in [0.2, 0.25) is 0 Å². The first-order chi connectivity index (χ1) is 19.2. The van der Waals surface area contributed by atoms with Gasteiger partial charge < -0.3 is 0 Å². The summed E-state index contributed by atoms with van der Waals surface area (Å²) in [6.45, 7) is 5.38. The second kappa shape index (κ2) is 24.2. The van der Waals surface area contributed by atoms with Crippen LogP contribution in [-0.2, 0) is 9.32 Å². The average molecular weight is 597 g/mol. The Hall–Kier alpha value is -0.310. The van der Waals surface area contributed by atoms with Crippen molar-refractivity contribution in [1.29, 1.82) is 0 Å². The summed E-state index contributed by atoms with van der Waals surface area (Å²) >= 11 is 0. The Morgan fingerprint density at radius 1 is 0.450 bits per heavy atom. The molecule has 242 valence electrons. The quantitative estimate of drug-likeness (QED) is 0.0634. The molecule has 0 spiro atoms. The fourth-order valence-electron chi connectivity index (χ4n) is 6.31. The molecule has 0 unspecified atom stereocenters. The summed E-state index contributed by atoms with van der Waals surface area (Å²) in [5.41, 5.74) is 0. The molecule has 40 heavy (non-hydrogen) atoms. The molecule has 0 rings (SSSR count).